The van der Waals surface area contributed by atoms with Gasteiger partial charge in [-0.3, -0.25) is 0 Å². The van der Waals surface area contributed by atoms with Crippen molar-refractivity contribution in [2.24, 2.45) is 5.92 Å². The van der Waals surface area contributed by atoms with E-state index in [9.17, 15) is 13.2 Å². The van der Waals surface area contributed by atoms with Crippen molar-refractivity contribution < 1.29 is 18.3 Å². The highest BCUT2D eigenvalue weighted by Gasteiger charge is 2.25. The highest BCUT2D eigenvalue weighted by atomic mass is 19.4. The molecule has 0 aromatic rings. The number of hydrogen-bond donors (Lipinski definition) is 2. The zero-order valence-electron chi connectivity index (χ0n) is 6.99. The Bertz CT molecular complexity index is 116. The molecule has 0 saturated carbocycles. The Labute approximate surface area is 69.8 Å². The third kappa shape index (κ3) is 7.81. The Morgan fingerprint density at radius 2 is 2.00 bits per heavy atom. The number of halogens is 3. The molecule has 0 spiro atoms. The Hall–Kier alpha value is -0.290. The Morgan fingerprint density at radius 3 is 2.42 bits per heavy atom. The molecular weight excluding hydrogens is 171 g/mol. The quantitative estimate of drug-likeness (QED) is 0.630. The largest absolute Gasteiger partial charge is 0.396 e. The summed E-state index contributed by atoms with van der Waals surface area (Å²) in [5.41, 5.74) is 0. The molecule has 0 amide bonds. The first kappa shape index (κ1) is 11.7. The van der Waals surface area contributed by atoms with Crippen molar-refractivity contribution in [3.8, 4) is 0 Å². The van der Waals surface area contributed by atoms with Gasteiger partial charge in [0.15, 0.2) is 0 Å². The molecule has 0 aliphatic carbocycles. The molecule has 2 N–H and O–H groups in total. The lowest BCUT2D eigenvalue weighted by Crippen LogP contribution is -2.27. The van der Waals surface area contributed by atoms with Crippen LogP contribution in [0.2, 0.25) is 0 Å². The molecule has 74 valence electrons. The van der Waals surface area contributed by atoms with Crippen molar-refractivity contribution in [2.45, 2.75) is 19.5 Å². The lowest BCUT2D eigenvalue weighted by Gasteiger charge is -2.10. The Morgan fingerprint density at radius 1 is 1.42 bits per heavy atom. The molecule has 5 heteroatoms. The van der Waals surface area contributed by atoms with Gasteiger partial charge in [-0.05, 0) is 12.5 Å². The molecule has 0 aromatic heterocycles. The van der Waals surface area contributed by atoms with Crippen molar-refractivity contribution in [1.29, 1.82) is 0 Å². The van der Waals surface area contributed by atoms with E-state index >= 15 is 0 Å². The number of rotatable bonds is 5. The molecule has 0 aliphatic rings. The number of hydrogen-bond acceptors (Lipinski definition) is 2. The second-order valence-corrected chi connectivity index (χ2v) is 2.86. The molecule has 0 bridgehead atoms. The highest BCUT2D eigenvalue weighted by molar-refractivity contribution is 4.58. The van der Waals surface area contributed by atoms with Gasteiger partial charge in [0.2, 0.25) is 0 Å². The highest BCUT2D eigenvalue weighted by Crippen LogP contribution is 2.18. The van der Waals surface area contributed by atoms with E-state index in [1.54, 1.807) is 6.92 Å². The van der Waals surface area contributed by atoms with Gasteiger partial charge >= 0.3 is 6.18 Å². The van der Waals surface area contributed by atoms with E-state index in [4.69, 9.17) is 5.11 Å². The fourth-order valence-electron chi connectivity index (χ4n) is 0.643. The summed E-state index contributed by atoms with van der Waals surface area (Å²) in [5.74, 6) is 0.0123. The van der Waals surface area contributed by atoms with E-state index in [1.165, 1.54) is 0 Å². The average molecular weight is 185 g/mol. The maximum absolute atomic E-state index is 11.6. The van der Waals surface area contributed by atoms with Crippen molar-refractivity contribution in [1.82, 2.24) is 5.32 Å². The molecule has 0 heterocycles. The smallest absolute Gasteiger partial charge is 0.390 e. The van der Waals surface area contributed by atoms with Crippen LogP contribution in [0.5, 0.6) is 0 Å². The second kappa shape index (κ2) is 5.37. The van der Waals surface area contributed by atoms with E-state index in [2.05, 4.69) is 5.32 Å². The van der Waals surface area contributed by atoms with Crippen LogP contribution in [0.1, 0.15) is 13.3 Å². The van der Waals surface area contributed by atoms with Crippen molar-refractivity contribution in [3.63, 3.8) is 0 Å². The molecule has 0 fully saturated rings. The summed E-state index contributed by atoms with van der Waals surface area (Å²) < 4.78 is 34.7. The van der Waals surface area contributed by atoms with E-state index in [-0.39, 0.29) is 19.1 Å². The molecule has 12 heavy (non-hydrogen) atoms. The topological polar surface area (TPSA) is 32.3 Å². The number of aliphatic hydroxyl groups is 1. The molecule has 1 unspecified atom stereocenters. The first-order valence-corrected chi connectivity index (χ1v) is 3.84. The zero-order valence-corrected chi connectivity index (χ0v) is 6.99. The Balaban J connectivity index is 3.22. The maximum Gasteiger partial charge on any atom is 0.390 e. The van der Waals surface area contributed by atoms with E-state index < -0.39 is 12.6 Å². The minimum Gasteiger partial charge on any atom is -0.396 e. The lowest BCUT2D eigenvalue weighted by atomic mass is 10.2. The van der Waals surface area contributed by atoms with Crippen LogP contribution in [0.3, 0.4) is 0 Å². The fourth-order valence-corrected chi connectivity index (χ4v) is 0.643. The van der Waals surface area contributed by atoms with Crippen molar-refractivity contribution in [2.75, 3.05) is 19.7 Å². The van der Waals surface area contributed by atoms with Crippen LogP contribution in [0.4, 0.5) is 13.2 Å². The molecule has 0 radical (unpaired) electrons. The second-order valence-electron chi connectivity index (χ2n) is 2.86. The van der Waals surface area contributed by atoms with E-state index in [0.717, 1.165) is 0 Å². The summed E-state index contributed by atoms with van der Waals surface area (Å²) in [4.78, 5) is 0. The van der Waals surface area contributed by atoms with Crippen LogP contribution < -0.4 is 5.32 Å². The minimum atomic E-state index is -4.09. The molecular formula is C7H14F3NO. The summed E-state index contributed by atoms with van der Waals surface area (Å²) >= 11 is 0. The number of alkyl halides is 3. The third-order valence-corrected chi connectivity index (χ3v) is 1.39. The summed E-state index contributed by atoms with van der Waals surface area (Å²) in [6.07, 6.45) is -4.90. The normalized spacial score (nSPS) is 14.8. The molecule has 0 rings (SSSR count). The fraction of sp³-hybridized carbons (Fsp3) is 1.00. The molecule has 1 atom stereocenters. The van der Waals surface area contributed by atoms with Gasteiger partial charge in [0.25, 0.3) is 0 Å². The standard InChI is InChI=1S/C7H14F3NO/c1-6(5-12)4-11-3-2-7(8,9)10/h6,11-12H,2-5H2,1H3. The lowest BCUT2D eigenvalue weighted by molar-refractivity contribution is -0.133. The van der Waals surface area contributed by atoms with Crippen LogP contribution in [0.15, 0.2) is 0 Å². The predicted molar refractivity (Wildman–Crippen MR) is 39.8 cm³/mol. The molecule has 0 aliphatic heterocycles. The van der Waals surface area contributed by atoms with Gasteiger partial charge < -0.3 is 10.4 Å². The summed E-state index contributed by atoms with van der Waals surface area (Å²) in [7, 11) is 0. The van der Waals surface area contributed by atoms with Crippen LogP contribution in [-0.4, -0.2) is 31.0 Å². The van der Waals surface area contributed by atoms with Gasteiger partial charge in [-0.2, -0.15) is 13.2 Å². The summed E-state index contributed by atoms with van der Waals surface area (Å²) in [6, 6.07) is 0. The van der Waals surface area contributed by atoms with Gasteiger partial charge in [0.05, 0.1) is 6.42 Å². The minimum absolute atomic E-state index is 0.000974. The number of aliphatic hydroxyl groups excluding tert-OH is 1. The van der Waals surface area contributed by atoms with Gasteiger partial charge in [-0.25, -0.2) is 0 Å². The average Bonchev–Trinajstić information content (AvgIpc) is 1.96. The van der Waals surface area contributed by atoms with Gasteiger partial charge in [-0.15, -0.1) is 0 Å². The van der Waals surface area contributed by atoms with Crippen LogP contribution in [-0.2, 0) is 0 Å². The monoisotopic (exact) mass is 185 g/mol. The van der Waals surface area contributed by atoms with Crippen LogP contribution in [0, 0.1) is 5.92 Å². The summed E-state index contributed by atoms with van der Waals surface area (Å²) in [5, 5.41) is 11.1. The van der Waals surface area contributed by atoms with Crippen LogP contribution >= 0.6 is 0 Å². The summed E-state index contributed by atoms with van der Waals surface area (Å²) in [6.45, 7) is 2.11. The molecule has 0 saturated heterocycles. The molecule has 2 nitrogen and oxygen atoms in total. The van der Waals surface area contributed by atoms with Gasteiger partial charge in [0.1, 0.15) is 0 Å². The van der Waals surface area contributed by atoms with Crippen molar-refractivity contribution >= 4 is 0 Å². The SMILES string of the molecule is CC(CO)CNCCC(F)(F)F. The number of nitrogens with one attached hydrogen (secondary N) is 1. The van der Waals surface area contributed by atoms with E-state index in [0.29, 0.717) is 6.54 Å². The zero-order chi connectivity index (χ0) is 9.61. The van der Waals surface area contributed by atoms with Crippen molar-refractivity contribution in [3.05, 3.63) is 0 Å². The van der Waals surface area contributed by atoms with E-state index in [1.807, 2.05) is 0 Å². The molecule has 0 aromatic carbocycles. The van der Waals surface area contributed by atoms with Crippen LogP contribution in [0.25, 0.3) is 0 Å². The first-order chi connectivity index (χ1) is 5.45. The first-order valence-electron chi connectivity index (χ1n) is 3.84. The predicted octanol–water partition coefficient (Wildman–Crippen LogP) is 1.16. The van der Waals surface area contributed by atoms with Gasteiger partial charge in [0, 0.05) is 13.2 Å². The Kier molecular flexibility index (Phi) is 5.24. The maximum atomic E-state index is 11.6. The third-order valence-electron chi connectivity index (χ3n) is 1.39. The van der Waals surface area contributed by atoms with Gasteiger partial charge in [-0.1, -0.05) is 6.92 Å².